The van der Waals surface area contributed by atoms with Gasteiger partial charge in [-0.25, -0.2) is 9.78 Å². The predicted octanol–water partition coefficient (Wildman–Crippen LogP) is 2.13. The molecule has 0 bridgehead atoms. The molecule has 0 radical (unpaired) electrons. The highest BCUT2D eigenvalue weighted by Crippen LogP contribution is 2.13. The van der Waals surface area contributed by atoms with E-state index in [0.29, 0.717) is 12.3 Å². The van der Waals surface area contributed by atoms with Gasteiger partial charge in [-0.1, -0.05) is 0 Å². The summed E-state index contributed by atoms with van der Waals surface area (Å²) in [6.07, 6.45) is 3.45. The third-order valence-electron chi connectivity index (χ3n) is 2.60. The largest absolute Gasteiger partial charge is 0.461 e. The van der Waals surface area contributed by atoms with Gasteiger partial charge in [-0.2, -0.15) is 0 Å². The number of pyridine rings is 1. The highest BCUT2D eigenvalue weighted by atomic mass is 16.5. The lowest BCUT2D eigenvalue weighted by atomic mass is 10.2. The van der Waals surface area contributed by atoms with Crippen molar-refractivity contribution in [2.75, 3.05) is 6.61 Å². The Morgan fingerprint density at radius 2 is 2.19 bits per heavy atom. The van der Waals surface area contributed by atoms with Gasteiger partial charge >= 0.3 is 5.97 Å². The van der Waals surface area contributed by atoms with Gasteiger partial charge < -0.3 is 4.74 Å². The van der Waals surface area contributed by atoms with Crippen LogP contribution >= 0.6 is 0 Å². The lowest BCUT2D eigenvalue weighted by molar-refractivity contribution is 0.0518. The third-order valence-corrected chi connectivity index (χ3v) is 2.60. The Labute approximate surface area is 93.9 Å². The normalized spacial score (nSPS) is 10.7. The van der Waals surface area contributed by atoms with Crippen molar-refractivity contribution < 1.29 is 9.53 Å². The maximum atomic E-state index is 11.6. The molecule has 0 aliphatic rings. The summed E-state index contributed by atoms with van der Waals surface area (Å²) in [7, 11) is 0. The molecule has 4 heteroatoms. The Kier molecular flexibility index (Phi) is 2.64. The van der Waals surface area contributed by atoms with E-state index in [0.717, 1.165) is 16.8 Å². The molecule has 0 spiro atoms. The maximum absolute atomic E-state index is 11.6. The number of fused-ring (bicyclic) bond motifs is 1. The molecule has 2 aromatic heterocycles. The van der Waals surface area contributed by atoms with Gasteiger partial charge in [-0.05, 0) is 38.0 Å². The molecule has 0 saturated carbocycles. The fourth-order valence-corrected chi connectivity index (χ4v) is 1.58. The molecule has 0 aliphatic carbocycles. The Morgan fingerprint density at radius 3 is 2.88 bits per heavy atom. The zero-order valence-electron chi connectivity index (χ0n) is 9.65. The summed E-state index contributed by atoms with van der Waals surface area (Å²) < 4.78 is 6.73. The minimum absolute atomic E-state index is 0.335. The van der Waals surface area contributed by atoms with Crippen LogP contribution in [0, 0.1) is 13.8 Å². The Balaban J connectivity index is 2.56. The van der Waals surface area contributed by atoms with Crippen LogP contribution < -0.4 is 0 Å². The fraction of sp³-hybridized carbons (Fsp3) is 0.333. The Morgan fingerprint density at radius 1 is 1.44 bits per heavy atom. The van der Waals surface area contributed by atoms with E-state index in [1.807, 2.05) is 26.1 Å². The number of carbonyl (C=O) groups excluding carboxylic acids is 1. The Hall–Kier alpha value is -1.84. The Bertz CT molecular complexity index is 543. The summed E-state index contributed by atoms with van der Waals surface area (Å²) in [5.74, 6) is -0.335. The van der Waals surface area contributed by atoms with Crippen molar-refractivity contribution in [1.29, 1.82) is 0 Å². The van der Waals surface area contributed by atoms with Crippen LogP contribution in [-0.2, 0) is 4.74 Å². The molecule has 0 fully saturated rings. The molecule has 0 N–H and O–H groups in total. The van der Waals surface area contributed by atoms with Crippen molar-refractivity contribution in [1.82, 2.24) is 9.38 Å². The number of esters is 1. The van der Waals surface area contributed by atoms with Gasteiger partial charge in [0.25, 0.3) is 0 Å². The number of hydrogen-bond donors (Lipinski definition) is 0. The number of imidazole rings is 1. The molecule has 4 nitrogen and oxygen atoms in total. The van der Waals surface area contributed by atoms with E-state index in [9.17, 15) is 4.79 Å². The monoisotopic (exact) mass is 218 g/mol. The molecule has 0 amide bonds. The summed E-state index contributed by atoms with van der Waals surface area (Å²) in [5.41, 5.74) is 3.52. The molecule has 0 atom stereocenters. The number of aryl methyl sites for hydroxylation is 2. The van der Waals surface area contributed by atoms with E-state index >= 15 is 0 Å². The number of ether oxygens (including phenoxy) is 1. The predicted molar refractivity (Wildman–Crippen MR) is 60.6 cm³/mol. The van der Waals surface area contributed by atoms with Crippen molar-refractivity contribution in [3.8, 4) is 0 Å². The SMILES string of the molecule is CCOC(=O)c1cnc2cc(C)c(C)cn12. The lowest BCUT2D eigenvalue weighted by Crippen LogP contribution is -2.08. The van der Waals surface area contributed by atoms with Crippen molar-refractivity contribution in [3.63, 3.8) is 0 Å². The first-order valence-electron chi connectivity index (χ1n) is 5.25. The number of rotatable bonds is 2. The summed E-state index contributed by atoms with van der Waals surface area (Å²) in [4.78, 5) is 15.8. The molecule has 84 valence electrons. The first-order valence-corrected chi connectivity index (χ1v) is 5.25. The van der Waals surface area contributed by atoms with Gasteiger partial charge in [0.1, 0.15) is 5.65 Å². The quantitative estimate of drug-likeness (QED) is 0.725. The summed E-state index contributed by atoms with van der Waals surface area (Å²) in [6, 6.07) is 1.96. The van der Waals surface area contributed by atoms with E-state index in [1.54, 1.807) is 17.5 Å². The molecular weight excluding hydrogens is 204 g/mol. The van der Waals surface area contributed by atoms with Gasteiger partial charge in [0.2, 0.25) is 0 Å². The van der Waals surface area contributed by atoms with Gasteiger partial charge in [0.05, 0.1) is 12.8 Å². The summed E-state index contributed by atoms with van der Waals surface area (Å²) in [5, 5.41) is 0. The standard InChI is InChI=1S/C12H14N2O2/c1-4-16-12(15)10-6-13-11-5-8(2)9(3)7-14(10)11/h5-7H,4H2,1-3H3. The van der Waals surface area contributed by atoms with Crippen molar-refractivity contribution in [3.05, 3.63) is 35.3 Å². The second kappa shape index (κ2) is 3.96. The number of aromatic nitrogens is 2. The summed E-state index contributed by atoms with van der Waals surface area (Å²) >= 11 is 0. The third kappa shape index (κ3) is 1.66. The molecular formula is C12H14N2O2. The van der Waals surface area contributed by atoms with Gasteiger partial charge in [-0.15, -0.1) is 0 Å². The first kappa shape index (κ1) is 10.7. The molecule has 16 heavy (non-hydrogen) atoms. The highest BCUT2D eigenvalue weighted by molar-refractivity contribution is 5.88. The maximum Gasteiger partial charge on any atom is 0.356 e. The number of nitrogens with zero attached hydrogens (tertiary/aromatic N) is 2. The van der Waals surface area contributed by atoms with Crippen LogP contribution in [0.2, 0.25) is 0 Å². The second-order valence-electron chi connectivity index (χ2n) is 3.73. The van der Waals surface area contributed by atoms with Crippen LogP contribution in [-0.4, -0.2) is 22.0 Å². The molecule has 2 heterocycles. The molecule has 0 aromatic carbocycles. The van der Waals surface area contributed by atoms with Crippen LogP contribution in [0.5, 0.6) is 0 Å². The number of hydrogen-bond acceptors (Lipinski definition) is 3. The molecule has 2 rings (SSSR count). The average Bonchev–Trinajstić information content (AvgIpc) is 2.62. The van der Waals surface area contributed by atoms with Gasteiger partial charge in [0.15, 0.2) is 5.69 Å². The van der Waals surface area contributed by atoms with Crippen LogP contribution in [0.1, 0.15) is 28.5 Å². The fourth-order valence-electron chi connectivity index (χ4n) is 1.58. The summed E-state index contributed by atoms with van der Waals surface area (Å²) in [6.45, 7) is 6.19. The zero-order chi connectivity index (χ0) is 11.7. The molecule has 0 saturated heterocycles. The zero-order valence-corrected chi connectivity index (χ0v) is 9.65. The van der Waals surface area contributed by atoms with E-state index < -0.39 is 0 Å². The van der Waals surface area contributed by atoms with E-state index in [-0.39, 0.29) is 5.97 Å². The van der Waals surface area contributed by atoms with Crippen molar-refractivity contribution in [2.45, 2.75) is 20.8 Å². The molecule has 2 aromatic rings. The van der Waals surface area contributed by atoms with E-state index in [2.05, 4.69) is 4.98 Å². The van der Waals surface area contributed by atoms with Crippen molar-refractivity contribution >= 4 is 11.6 Å². The topological polar surface area (TPSA) is 43.6 Å². The van der Waals surface area contributed by atoms with Crippen LogP contribution in [0.15, 0.2) is 18.5 Å². The first-order chi connectivity index (χ1) is 7.63. The number of carbonyl (C=O) groups is 1. The lowest BCUT2D eigenvalue weighted by Gasteiger charge is -2.04. The highest BCUT2D eigenvalue weighted by Gasteiger charge is 2.13. The average molecular weight is 218 g/mol. The molecule has 0 unspecified atom stereocenters. The second-order valence-corrected chi connectivity index (χ2v) is 3.73. The van der Waals surface area contributed by atoms with Crippen LogP contribution in [0.3, 0.4) is 0 Å². The van der Waals surface area contributed by atoms with E-state index in [1.165, 1.54) is 0 Å². The smallest absolute Gasteiger partial charge is 0.356 e. The minimum atomic E-state index is -0.335. The minimum Gasteiger partial charge on any atom is -0.461 e. The van der Waals surface area contributed by atoms with Crippen LogP contribution in [0.4, 0.5) is 0 Å². The van der Waals surface area contributed by atoms with Crippen LogP contribution in [0.25, 0.3) is 5.65 Å². The molecule has 0 aliphatic heterocycles. The van der Waals surface area contributed by atoms with Gasteiger partial charge in [0, 0.05) is 6.20 Å². The van der Waals surface area contributed by atoms with Gasteiger partial charge in [-0.3, -0.25) is 4.40 Å². The van der Waals surface area contributed by atoms with Crippen molar-refractivity contribution in [2.24, 2.45) is 0 Å². The van der Waals surface area contributed by atoms with E-state index in [4.69, 9.17) is 4.74 Å².